The summed E-state index contributed by atoms with van der Waals surface area (Å²) in [5, 5.41) is 9.92. The Hall–Kier alpha value is -3.70. The van der Waals surface area contributed by atoms with Gasteiger partial charge in [0.15, 0.2) is 5.78 Å². The molecule has 3 aromatic rings. The van der Waals surface area contributed by atoms with Gasteiger partial charge in [0.05, 0.1) is 5.57 Å². The molecule has 26 heavy (non-hydrogen) atoms. The average Bonchev–Trinajstić information content (AvgIpc) is 3.02. The van der Waals surface area contributed by atoms with Crippen LogP contribution in [0.4, 0.5) is 0 Å². The lowest BCUT2D eigenvalue weighted by atomic mass is 9.93. The summed E-state index contributed by atoms with van der Waals surface area (Å²) >= 11 is 0. The van der Waals surface area contributed by atoms with Gasteiger partial charge in [0, 0.05) is 16.7 Å². The Morgan fingerprint density at radius 3 is 1.35 bits per heavy atom. The number of carbonyl (C=O) groups is 1. The minimum atomic E-state index is -0.0993. The fourth-order valence-electron chi connectivity index (χ4n) is 3.37. The Balaban J connectivity index is 2.03. The Labute approximate surface area is 152 Å². The number of carbonyl (C=O) groups excluding carboxylic acids is 1. The van der Waals surface area contributed by atoms with Gasteiger partial charge in [-0.3, -0.25) is 4.79 Å². The molecule has 1 aliphatic carbocycles. The van der Waals surface area contributed by atoms with Crippen LogP contribution in [0, 0.1) is 11.3 Å². The van der Waals surface area contributed by atoms with Crippen LogP contribution in [0.2, 0.25) is 0 Å². The summed E-state index contributed by atoms with van der Waals surface area (Å²) in [6.45, 7) is 0. The van der Waals surface area contributed by atoms with E-state index < -0.39 is 0 Å². The molecule has 2 heteroatoms. The van der Waals surface area contributed by atoms with Crippen LogP contribution in [0.15, 0.2) is 96.6 Å². The number of ketones is 1. The van der Waals surface area contributed by atoms with E-state index in [1.165, 1.54) is 0 Å². The number of allylic oxidation sites excluding steroid dienone is 4. The first-order chi connectivity index (χ1) is 12.8. The Morgan fingerprint density at radius 1 is 0.538 bits per heavy atom. The summed E-state index contributed by atoms with van der Waals surface area (Å²) in [5.74, 6) is -0.0993. The monoisotopic (exact) mass is 333 g/mol. The summed E-state index contributed by atoms with van der Waals surface area (Å²) in [4.78, 5) is 13.4. The molecule has 0 saturated heterocycles. The number of hydrogen-bond acceptors (Lipinski definition) is 2. The fraction of sp³-hybridized carbons (Fsp3) is 0. The van der Waals surface area contributed by atoms with Crippen LogP contribution in [0.1, 0.15) is 16.7 Å². The van der Waals surface area contributed by atoms with E-state index in [9.17, 15) is 10.1 Å². The van der Waals surface area contributed by atoms with Gasteiger partial charge in [-0.25, -0.2) is 0 Å². The second-order valence-corrected chi connectivity index (χ2v) is 6.04. The highest BCUT2D eigenvalue weighted by atomic mass is 16.1. The molecule has 0 bridgehead atoms. The van der Waals surface area contributed by atoms with Crippen molar-refractivity contribution in [3.63, 3.8) is 0 Å². The number of benzene rings is 3. The SMILES string of the molecule is N#CC1=C(c2ccccc2)C(=O)C(c2ccccc2)=C1c1ccccc1. The molecule has 0 spiro atoms. The molecule has 122 valence electrons. The van der Waals surface area contributed by atoms with Crippen molar-refractivity contribution in [3.8, 4) is 6.07 Å². The number of hydrogen-bond donors (Lipinski definition) is 0. The van der Waals surface area contributed by atoms with Crippen LogP contribution in [0.25, 0.3) is 16.7 Å². The van der Waals surface area contributed by atoms with E-state index >= 15 is 0 Å². The van der Waals surface area contributed by atoms with Gasteiger partial charge in [0.25, 0.3) is 0 Å². The summed E-state index contributed by atoms with van der Waals surface area (Å²) in [7, 11) is 0. The number of nitrogens with zero attached hydrogens (tertiary/aromatic N) is 1. The molecule has 0 N–H and O–H groups in total. The maximum Gasteiger partial charge on any atom is 0.196 e. The predicted octanol–water partition coefficient (Wildman–Crippen LogP) is 5.16. The van der Waals surface area contributed by atoms with Crippen molar-refractivity contribution in [3.05, 3.63) is 113 Å². The Bertz CT molecular complexity index is 1070. The van der Waals surface area contributed by atoms with Crippen LogP contribution >= 0.6 is 0 Å². The highest BCUT2D eigenvalue weighted by molar-refractivity contribution is 6.52. The fourth-order valence-corrected chi connectivity index (χ4v) is 3.37. The molecule has 0 aliphatic heterocycles. The van der Waals surface area contributed by atoms with E-state index in [1.807, 2.05) is 91.0 Å². The molecule has 3 aromatic carbocycles. The zero-order valence-corrected chi connectivity index (χ0v) is 14.0. The minimum Gasteiger partial charge on any atom is -0.288 e. The maximum absolute atomic E-state index is 13.4. The number of Topliss-reactive ketones (excluding diaryl/α,β-unsaturated/α-hetero) is 1. The normalized spacial score (nSPS) is 13.9. The third-order valence-corrected chi connectivity index (χ3v) is 4.50. The predicted molar refractivity (Wildman–Crippen MR) is 104 cm³/mol. The second-order valence-electron chi connectivity index (χ2n) is 6.04. The van der Waals surface area contributed by atoms with Gasteiger partial charge in [0.2, 0.25) is 0 Å². The first-order valence-electron chi connectivity index (χ1n) is 8.41. The van der Waals surface area contributed by atoms with Gasteiger partial charge < -0.3 is 0 Å². The molecule has 0 unspecified atom stereocenters. The summed E-state index contributed by atoms with van der Waals surface area (Å²) < 4.78 is 0. The second kappa shape index (κ2) is 6.66. The van der Waals surface area contributed by atoms with E-state index in [0.29, 0.717) is 22.3 Å². The van der Waals surface area contributed by atoms with E-state index in [2.05, 4.69) is 6.07 Å². The minimum absolute atomic E-state index is 0.0993. The standard InChI is InChI=1S/C24H15NO/c25-16-20-21(17-10-4-1-5-11-17)23(19-14-8-3-9-15-19)24(26)22(20)18-12-6-2-7-13-18/h1-15H. The van der Waals surface area contributed by atoms with Crippen LogP contribution in [-0.4, -0.2) is 5.78 Å². The van der Waals surface area contributed by atoms with Crippen LogP contribution in [0.3, 0.4) is 0 Å². The van der Waals surface area contributed by atoms with Gasteiger partial charge in [0.1, 0.15) is 6.07 Å². The molecule has 0 atom stereocenters. The molecule has 0 saturated carbocycles. The molecule has 0 heterocycles. The molecule has 0 aromatic heterocycles. The van der Waals surface area contributed by atoms with Gasteiger partial charge in [-0.05, 0) is 16.7 Å². The van der Waals surface area contributed by atoms with E-state index in [-0.39, 0.29) is 5.78 Å². The van der Waals surface area contributed by atoms with Crippen molar-refractivity contribution < 1.29 is 4.79 Å². The van der Waals surface area contributed by atoms with Crippen molar-refractivity contribution in [2.45, 2.75) is 0 Å². The molecule has 0 radical (unpaired) electrons. The lowest BCUT2D eigenvalue weighted by Gasteiger charge is -2.08. The lowest BCUT2D eigenvalue weighted by Crippen LogP contribution is -2.01. The quantitative estimate of drug-likeness (QED) is 0.664. The van der Waals surface area contributed by atoms with Gasteiger partial charge in [-0.1, -0.05) is 91.0 Å². The third-order valence-electron chi connectivity index (χ3n) is 4.50. The molecule has 0 fully saturated rings. The van der Waals surface area contributed by atoms with Crippen molar-refractivity contribution in [2.75, 3.05) is 0 Å². The van der Waals surface area contributed by atoms with Gasteiger partial charge in [-0.2, -0.15) is 5.26 Å². The number of nitriles is 1. The smallest absolute Gasteiger partial charge is 0.196 e. The van der Waals surface area contributed by atoms with Crippen LogP contribution in [0.5, 0.6) is 0 Å². The van der Waals surface area contributed by atoms with Crippen LogP contribution < -0.4 is 0 Å². The zero-order chi connectivity index (χ0) is 17.9. The molecule has 1 aliphatic rings. The Morgan fingerprint density at radius 2 is 0.923 bits per heavy atom. The van der Waals surface area contributed by atoms with Gasteiger partial charge in [-0.15, -0.1) is 0 Å². The van der Waals surface area contributed by atoms with Crippen molar-refractivity contribution >= 4 is 22.5 Å². The molecular weight excluding hydrogens is 318 g/mol. The molecule has 0 amide bonds. The van der Waals surface area contributed by atoms with E-state index in [0.717, 1.165) is 16.7 Å². The first-order valence-corrected chi connectivity index (χ1v) is 8.41. The summed E-state index contributed by atoms with van der Waals surface area (Å²) in [6, 6.07) is 30.9. The highest BCUT2D eigenvalue weighted by Crippen LogP contribution is 2.44. The first kappa shape index (κ1) is 15.8. The topological polar surface area (TPSA) is 40.9 Å². The van der Waals surface area contributed by atoms with E-state index in [1.54, 1.807) is 0 Å². The average molecular weight is 333 g/mol. The van der Waals surface area contributed by atoms with Crippen molar-refractivity contribution in [1.82, 2.24) is 0 Å². The van der Waals surface area contributed by atoms with Crippen molar-refractivity contribution in [1.29, 1.82) is 5.26 Å². The summed E-state index contributed by atoms with van der Waals surface area (Å²) in [5.41, 5.74) is 4.69. The highest BCUT2D eigenvalue weighted by Gasteiger charge is 2.34. The molecular formula is C24H15NO. The lowest BCUT2D eigenvalue weighted by molar-refractivity contribution is -0.108. The molecule has 2 nitrogen and oxygen atoms in total. The van der Waals surface area contributed by atoms with Crippen LogP contribution in [-0.2, 0) is 4.79 Å². The zero-order valence-electron chi connectivity index (χ0n) is 14.0. The van der Waals surface area contributed by atoms with Gasteiger partial charge >= 0.3 is 0 Å². The maximum atomic E-state index is 13.4. The van der Waals surface area contributed by atoms with E-state index in [4.69, 9.17) is 0 Å². The molecule has 4 rings (SSSR count). The Kier molecular flexibility index (Phi) is 4.05. The largest absolute Gasteiger partial charge is 0.288 e. The summed E-state index contributed by atoms with van der Waals surface area (Å²) in [6.07, 6.45) is 0. The third kappa shape index (κ3) is 2.56. The van der Waals surface area contributed by atoms with Crippen molar-refractivity contribution in [2.24, 2.45) is 0 Å². The number of rotatable bonds is 3.